The highest BCUT2D eigenvalue weighted by Gasteiger charge is 2.16. The maximum Gasteiger partial charge on any atom is 0.256 e. The van der Waals surface area contributed by atoms with Crippen LogP contribution >= 0.6 is 11.6 Å². The van der Waals surface area contributed by atoms with Gasteiger partial charge in [0, 0.05) is 16.7 Å². The van der Waals surface area contributed by atoms with Gasteiger partial charge in [-0.05, 0) is 35.9 Å². The van der Waals surface area contributed by atoms with Crippen molar-refractivity contribution >= 4 is 34.6 Å². The first-order chi connectivity index (χ1) is 12.7. The van der Waals surface area contributed by atoms with Crippen LogP contribution in [0, 0.1) is 0 Å². The van der Waals surface area contributed by atoms with E-state index in [0.29, 0.717) is 10.8 Å². The molecule has 0 aliphatic carbocycles. The van der Waals surface area contributed by atoms with E-state index < -0.39 is 0 Å². The molecule has 1 heterocycles. The summed E-state index contributed by atoms with van der Waals surface area (Å²) in [6.07, 6.45) is 3.37. The molecule has 0 atom stereocenters. The molecule has 1 aromatic heterocycles. The molecule has 126 valence electrons. The van der Waals surface area contributed by atoms with Crippen LogP contribution in [0.2, 0.25) is 5.02 Å². The van der Waals surface area contributed by atoms with E-state index in [-0.39, 0.29) is 5.91 Å². The molecule has 3 aromatic carbocycles. The Morgan fingerprint density at radius 3 is 2.50 bits per heavy atom. The number of halogens is 1. The van der Waals surface area contributed by atoms with Gasteiger partial charge < -0.3 is 0 Å². The molecule has 3 nitrogen and oxygen atoms in total. The van der Waals surface area contributed by atoms with Gasteiger partial charge in [-0.15, -0.1) is 0 Å². The number of imidazole rings is 1. The molecule has 4 heteroatoms. The van der Waals surface area contributed by atoms with Gasteiger partial charge in [0.1, 0.15) is 5.82 Å². The third-order valence-corrected chi connectivity index (χ3v) is 4.32. The minimum absolute atomic E-state index is 0.155. The molecule has 0 fully saturated rings. The van der Waals surface area contributed by atoms with E-state index in [1.165, 1.54) is 0 Å². The molecular weight excluding hydrogens is 344 g/mol. The Bertz CT molecular complexity index is 1110. The lowest BCUT2D eigenvalue weighted by Crippen LogP contribution is -2.09. The fraction of sp³-hybridized carbons (Fsp3) is 0. The predicted octanol–water partition coefficient (Wildman–Crippen LogP) is 5.71. The number of para-hydroxylation sites is 2. The third kappa shape index (κ3) is 3.17. The Labute approximate surface area is 156 Å². The summed E-state index contributed by atoms with van der Waals surface area (Å²) >= 11 is 6.13. The van der Waals surface area contributed by atoms with Crippen molar-refractivity contribution in [2.24, 2.45) is 0 Å². The first-order valence-corrected chi connectivity index (χ1v) is 8.61. The molecule has 0 N–H and O–H groups in total. The molecule has 0 saturated carbocycles. The smallest absolute Gasteiger partial charge is 0.256 e. The van der Waals surface area contributed by atoms with Gasteiger partial charge in [0.05, 0.1) is 11.0 Å². The number of nitrogens with zero attached hydrogens (tertiary/aromatic N) is 2. The maximum atomic E-state index is 13.0. The molecule has 4 rings (SSSR count). The normalized spacial score (nSPS) is 11.3. The summed E-state index contributed by atoms with van der Waals surface area (Å²) in [4.78, 5) is 17.6. The average molecular weight is 359 g/mol. The van der Waals surface area contributed by atoms with Crippen LogP contribution in [0.1, 0.15) is 10.4 Å². The van der Waals surface area contributed by atoms with E-state index in [1.807, 2.05) is 72.8 Å². The monoisotopic (exact) mass is 358 g/mol. The van der Waals surface area contributed by atoms with Crippen LogP contribution in [0.25, 0.3) is 28.5 Å². The molecule has 0 bridgehead atoms. The van der Waals surface area contributed by atoms with Gasteiger partial charge >= 0.3 is 0 Å². The van der Waals surface area contributed by atoms with E-state index in [2.05, 4.69) is 4.98 Å². The van der Waals surface area contributed by atoms with Crippen molar-refractivity contribution in [3.8, 4) is 11.4 Å². The summed E-state index contributed by atoms with van der Waals surface area (Å²) in [6, 6.07) is 24.7. The molecule has 26 heavy (non-hydrogen) atoms. The minimum atomic E-state index is -0.155. The first kappa shape index (κ1) is 16.3. The lowest BCUT2D eigenvalue weighted by atomic mass is 10.2. The number of carbonyl (C=O) groups is 1. The molecule has 0 radical (unpaired) electrons. The Morgan fingerprint density at radius 2 is 1.69 bits per heavy atom. The van der Waals surface area contributed by atoms with Crippen molar-refractivity contribution in [1.29, 1.82) is 0 Å². The van der Waals surface area contributed by atoms with Crippen LogP contribution in [-0.4, -0.2) is 15.5 Å². The summed E-state index contributed by atoms with van der Waals surface area (Å²) in [5.74, 6) is 0.425. The van der Waals surface area contributed by atoms with E-state index in [0.717, 1.165) is 22.2 Å². The van der Waals surface area contributed by atoms with Gasteiger partial charge in [0.25, 0.3) is 5.91 Å². The van der Waals surface area contributed by atoms with Gasteiger partial charge in [-0.25, -0.2) is 4.98 Å². The summed E-state index contributed by atoms with van der Waals surface area (Å²) in [5.41, 5.74) is 3.30. The zero-order valence-electron chi connectivity index (χ0n) is 13.8. The van der Waals surface area contributed by atoms with Crippen molar-refractivity contribution in [2.75, 3.05) is 0 Å². The number of carbonyl (C=O) groups excluding carboxylic acids is 1. The van der Waals surface area contributed by atoms with Crippen molar-refractivity contribution < 1.29 is 4.79 Å². The summed E-state index contributed by atoms with van der Waals surface area (Å²) in [6.45, 7) is 0. The van der Waals surface area contributed by atoms with E-state index in [1.54, 1.807) is 22.8 Å². The third-order valence-electron chi connectivity index (χ3n) is 4.08. The quantitative estimate of drug-likeness (QED) is 0.439. The number of fused-ring (bicyclic) bond motifs is 1. The second kappa shape index (κ2) is 6.98. The van der Waals surface area contributed by atoms with Gasteiger partial charge in [-0.1, -0.05) is 66.2 Å². The van der Waals surface area contributed by atoms with Crippen LogP contribution < -0.4 is 0 Å². The van der Waals surface area contributed by atoms with Crippen LogP contribution in [0.15, 0.2) is 84.9 Å². The topological polar surface area (TPSA) is 34.9 Å². The minimum Gasteiger partial charge on any atom is -0.269 e. The van der Waals surface area contributed by atoms with Crippen molar-refractivity contribution in [3.05, 3.63) is 95.5 Å². The number of allylic oxidation sites excluding steroid dienone is 1. The van der Waals surface area contributed by atoms with Crippen LogP contribution in [0.5, 0.6) is 0 Å². The molecular formula is C22H15ClN2O. The molecule has 0 spiro atoms. The van der Waals surface area contributed by atoms with Gasteiger partial charge in [0.15, 0.2) is 0 Å². The second-order valence-electron chi connectivity index (χ2n) is 5.85. The van der Waals surface area contributed by atoms with Gasteiger partial charge in [-0.3, -0.25) is 9.36 Å². The number of benzene rings is 3. The number of aromatic nitrogens is 2. The average Bonchev–Trinajstić information content (AvgIpc) is 3.07. The highest BCUT2D eigenvalue weighted by Crippen LogP contribution is 2.26. The number of hydrogen-bond donors (Lipinski definition) is 0. The molecule has 0 aliphatic rings. The number of rotatable bonds is 3. The molecule has 4 aromatic rings. The lowest BCUT2D eigenvalue weighted by molar-refractivity contribution is 0.0976. The van der Waals surface area contributed by atoms with Crippen LogP contribution in [-0.2, 0) is 0 Å². The molecule has 0 aliphatic heterocycles. The standard InChI is InChI=1S/C22H15ClN2O/c23-18-10-6-9-17(15-18)22-24-19-11-4-5-12-20(19)25(22)21(26)14-13-16-7-2-1-3-8-16/h1-15H/b14-13+. The highest BCUT2D eigenvalue weighted by atomic mass is 35.5. The van der Waals surface area contributed by atoms with Gasteiger partial charge in [0.2, 0.25) is 0 Å². The number of hydrogen-bond acceptors (Lipinski definition) is 2. The summed E-state index contributed by atoms with van der Waals surface area (Å²) in [7, 11) is 0. The largest absolute Gasteiger partial charge is 0.269 e. The Kier molecular flexibility index (Phi) is 4.38. The van der Waals surface area contributed by atoms with E-state index >= 15 is 0 Å². The predicted molar refractivity (Wildman–Crippen MR) is 106 cm³/mol. The zero-order chi connectivity index (χ0) is 17.9. The van der Waals surface area contributed by atoms with Crippen molar-refractivity contribution in [2.45, 2.75) is 0 Å². The maximum absolute atomic E-state index is 13.0. The highest BCUT2D eigenvalue weighted by molar-refractivity contribution is 6.30. The first-order valence-electron chi connectivity index (χ1n) is 8.23. The molecule has 0 amide bonds. The van der Waals surface area contributed by atoms with Gasteiger partial charge in [-0.2, -0.15) is 0 Å². The second-order valence-corrected chi connectivity index (χ2v) is 6.29. The lowest BCUT2D eigenvalue weighted by Gasteiger charge is -2.06. The summed E-state index contributed by atoms with van der Waals surface area (Å²) < 4.78 is 1.63. The summed E-state index contributed by atoms with van der Waals surface area (Å²) in [5, 5.41) is 0.605. The SMILES string of the molecule is O=C(/C=C/c1ccccc1)n1c(-c2cccc(Cl)c2)nc2ccccc21. The Hall–Kier alpha value is -3.17. The fourth-order valence-electron chi connectivity index (χ4n) is 2.88. The van der Waals surface area contributed by atoms with Crippen LogP contribution in [0.4, 0.5) is 0 Å². The Balaban J connectivity index is 1.84. The van der Waals surface area contributed by atoms with Crippen molar-refractivity contribution in [1.82, 2.24) is 9.55 Å². The fourth-order valence-corrected chi connectivity index (χ4v) is 3.07. The molecule has 0 saturated heterocycles. The van der Waals surface area contributed by atoms with Crippen LogP contribution in [0.3, 0.4) is 0 Å². The Morgan fingerprint density at radius 1 is 0.923 bits per heavy atom. The zero-order valence-corrected chi connectivity index (χ0v) is 14.6. The van der Waals surface area contributed by atoms with E-state index in [4.69, 9.17) is 11.6 Å². The van der Waals surface area contributed by atoms with E-state index in [9.17, 15) is 4.79 Å². The van der Waals surface area contributed by atoms with Crippen molar-refractivity contribution in [3.63, 3.8) is 0 Å². The molecule has 0 unspecified atom stereocenters.